The van der Waals surface area contributed by atoms with Crippen LogP contribution < -0.4 is 0 Å². The smallest absolute Gasteiger partial charge is 0.374 e. The standard InChI is InChI=1S/C12H13N3O2/c1-7-6-10(14-11(13-7)12(16)17)15-8(2)4-5-9(15)3/h4-6H,1-3H3,(H,16,17). The van der Waals surface area contributed by atoms with Crippen LogP contribution in [-0.4, -0.2) is 25.6 Å². The predicted molar refractivity (Wildman–Crippen MR) is 62.5 cm³/mol. The third-order valence-corrected chi connectivity index (χ3v) is 2.53. The van der Waals surface area contributed by atoms with Gasteiger partial charge >= 0.3 is 5.97 Å². The van der Waals surface area contributed by atoms with Crippen molar-refractivity contribution in [3.8, 4) is 5.82 Å². The Balaban J connectivity index is 2.64. The van der Waals surface area contributed by atoms with Gasteiger partial charge in [0.1, 0.15) is 5.82 Å². The Hall–Kier alpha value is -2.17. The maximum atomic E-state index is 10.9. The lowest BCUT2D eigenvalue weighted by atomic mass is 10.4. The Labute approximate surface area is 98.8 Å². The normalized spacial score (nSPS) is 10.5. The molecule has 0 unspecified atom stereocenters. The number of aryl methyl sites for hydroxylation is 3. The molecule has 88 valence electrons. The van der Waals surface area contributed by atoms with Crippen LogP contribution in [0.2, 0.25) is 0 Å². The van der Waals surface area contributed by atoms with Gasteiger partial charge in [-0.15, -0.1) is 0 Å². The second kappa shape index (κ2) is 4.01. The first kappa shape index (κ1) is 11.3. The lowest BCUT2D eigenvalue weighted by Gasteiger charge is -2.09. The van der Waals surface area contributed by atoms with E-state index in [0.717, 1.165) is 11.4 Å². The van der Waals surface area contributed by atoms with Gasteiger partial charge < -0.3 is 9.67 Å². The Morgan fingerprint density at radius 3 is 2.29 bits per heavy atom. The fourth-order valence-electron chi connectivity index (χ4n) is 1.79. The molecule has 0 saturated carbocycles. The lowest BCUT2D eigenvalue weighted by molar-refractivity contribution is 0.0683. The topological polar surface area (TPSA) is 68.0 Å². The molecule has 5 nitrogen and oxygen atoms in total. The van der Waals surface area contributed by atoms with Crippen molar-refractivity contribution in [3.63, 3.8) is 0 Å². The molecule has 0 bridgehead atoms. The molecule has 0 aliphatic heterocycles. The molecule has 2 aromatic rings. The van der Waals surface area contributed by atoms with Crippen molar-refractivity contribution in [1.29, 1.82) is 0 Å². The minimum absolute atomic E-state index is 0.174. The number of aromatic carboxylic acids is 1. The van der Waals surface area contributed by atoms with Crippen LogP contribution in [0.4, 0.5) is 0 Å². The van der Waals surface area contributed by atoms with Crippen LogP contribution >= 0.6 is 0 Å². The van der Waals surface area contributed by atoms with E-state index in [1.54, 1.807) is 13.0 Å². The number of carboxylic acids is 1. The molecule has 5 heteroatoms. The fourth-order valence-corrected chi connectivity index (χ4v) is 1.79. The predicted octanol–water partition coefficient (Wildman–Crippen LogP) is 1.89. The van der Waals surface area contributed by atoms with E-state index in [4.69, 9.17) is 5.11 Å². The fraction of sp³-hybridized carbons (Fsp3) is 0.250. The number of carbonyl (C=O) groups is 1. The van der Waals surface area contributed by atoms with Crippen molar-refractivity contribution in [2.75, 3.05) is 0 Å². The average molecular weight is 231 g/mol. The van der Waals surface area contributed by atoms with Gasteiger partial charge in [0.25, 0.3) is 0 Å². The highest BCUT2D eigenvalue weighted by molar-refractivity contribution is 5.83. The molecule has 0 saturated heterocycles. The molecule has 1 N–H and O–H groups in total. The number of hydrogen-bond donors (Lipinski definition) is 1. The summed E-state index contributed by atoms with van der Waals surface area (Å²) in [6.45, 7) is 5.65. The van der Waals surface area contributed by atoms with E-state index in [9.17, 15) is 4.79 Å². The van der Waals surface area contributed by atoms with Crippen molar-refractivity contribution >= 4 is 5.97 Å². The number of rotatable bonds is 2. The van der Waals surface area contributed by atoms with Gasteiger partial charge in [-0.05, 0) is 32.9 Å². The van der Waals surface area contributed by atoms with Gasteiger partial charge in [-0.25, -0.2) is 14.8 Å². The van der Waals surface area contributed by atoms with Gasteiger partial charge in [0.15, 0.2) is 0 Å². The van der Waals surface area contributed by atoms with Crippen molar-refractivity contribution in [2.24, 2.45) is 0 Å². The Kier molecular flexibility index (Phi) is 2.67. The summed E-state index contributed by atoms with van der Waals surface area (Å²) in [6, 6.07) is 5.70. The number of nitrogens with zero attached hydrogens (tertiary/aromatic N) is 3. The first-order valence-electron chi connectivity index (χ1n) is 5.23. The summed E-state index contributed by atoms with van der Waals surface area (Å²) in [6.07, 6.45) is 0. The maximum absolute atomic E-state index is 10.9. The third kappa shape index (κ3) is 2.04. The van der Waals surface area contributed by atoms with Crippen LogP contribution in [0, 0.1) is 20.8 Å². The molecular formula is C12H13N3O2. The quantitative estimate of drug-likeness (QED) is 0.857. The van der Waals surface area contributed by atoms with Crippen molar-refractivity contribution in [1.82, 2.24) is 14.5 Å². The molecule has 0 amide bonds. The largest absolute Gasteiger partial charge is 0.475 e. The van der Waals surface area contributed by atoms with Gasteiger partial charge in [-0.3, -0.25) is 0 Å². The van der Waals surface area contributed by atoms with E-state index >= 15 is 0 Å². The molecule has 0 aliphatic rings. The molecule has 0 aliphatic carbocycles. The van der Waals surface area contributed by atoms with Gasteiger partial charge in [0, 0.05) is 23.1 Å². The summed E-state index contributed by atoms with van der Waals surface area (Å²) in [5.41, 5.74) is 2.66. The zero-order valence-electron chi connectivity index (χ0n) is 9.93. The van der Waals surface area contributed by atoms with Crippen LogP contribution in [0.15, 0.2) is 18.2 Å². The highest BCUT2D eigenvalue weighted by Crippen LogP contribution is 2.15. The second-order valence-electron chi connectivity index (χ2n) is 3.95. The molecule has 0 atom stereocenters. The van der Waals surface area contributed by atoms with Crippen molar-refractivity contribution in [2.45, 2.75) is 20.8 Å². The van der Waals surface area contributed by atoms with E-state index in [1.807, 2.05) is 30.5 Å². The molecule has 2 rings (SSSR count). The molecule has 0 fully saturated rings. The van der Waals surface area contributed by atoms with Gasteiger partial charge in [0.05, 0.1) is 0 Å². The number of hydrogen-bond acceptors (Lipinski definition) is 3. The zero-order chi connectivity index (χ0) is 12.6. The van der Waals surface area contributed by atoms with Crippen LogP contribution in [0.5, 0.6) is 0 Å². The highest BCUT2D eigenvalue weighted by atomic mass is 16.4. The van der Waals surface area contributed by atoms with Crippen LogP contribution in [0.3, 0.4) is 0 Å². The van der Waals surface area contributed by atoms with E-state index in [2.05, 4.69) is 9.97 Å². The number of carboxylic acid groups (broad SMARTS) is 1. The van der Waals surface area contributed by atoms with Crippen LogP contribution in [-0.2, 0) is 0 Å². The Bertz CT molecular complexity index is 568. The lowest BCUT2D eigenvalue weighted by Crippen LogP contribution is -2.10. The van der Waals surface area contributed by atoms with Crippen LogP contribution in [0.1, 0.15) is 27.7 Å². The summed E-state index contributed by atoms with van der Waals surface area (Å²) < 4.78 is 1.90. The first-order valence-corrected chi connectivity index (χ1v) is 5.23. The van der Waals surface area contributed by atoms with E-state index in [1.165, 1.54) is 0 Å². The number of aromatic nitrogens is 3. The zero-order valence-corrected chi connectivity index (χ0v) is 9.93. The van der Waals surface area contributed by atoms with Gasteiger partial charge in [-0.1, -0.05) is 0 Å². The van der Waals surface area contributed by atoms with Crippen molar-refractivity contribution in [3.05, 3.63) is 41.1 Å². The Morgan fingerprint density at radius 1 is 1.18 bits per heavy atom. The molecule has 0 spiro atoms. The van der Waals surface area contributed by atoms with Crippen molar-refractivity contribution < 1.29 is 9.90 Å². The molecular weight excluding hydrogens is 218 g/mol. The molecule has 2 aromatic heterocycles. The Morgan fingerprint density at radius 2 is 1.76 bits per heavy atom. The van der Waals surface area contributed by atoms with Gasteiger partial charge in [-0.2, -0.15) is 0 Å². The van der Waals surface area contributed by atoms with E-state index in [0.29, 0.717) is 11.5 Å². The second-order valence-corrected chi connectivity index (χ2v) is 3.95. The summed E-state index contributed by atoms with van der Waals surface area (Å²) in [5, 5.41) is 8.94. The molecule has 0 aromatic carbocycles. The summed E-state index contributed by atoms with van der Waals surface area (Å²) >= 11 is 0. The average Bonchev–Trinajstić information content (AvgIpc) is 2.57. The summed E-state index contributed by atoms with van der Waals surface area (Å²) in [5.74, 6) is -0.695. The SMILES string of the molecule is Cc1cc(-n2c(C)ccc2C)nc(C(=O)O)n1. The highest BCUT2D eigenvalue weighted by Gasteiger charge is 2.12. The van der Waals surface area contributed by atoms with Gasteiger partial charge in [0.2, 0.25) is 5.82 Å². The minimum Gasteiger partial charge on any atom is -0.475 e. The monoisotopic (exact) mass is 231 g/mol. The van der Waals surface area contributed by atoms with E-state index < -0.39 is 5.97 Å². The molecule has 17 heavy (non-hydrogen) atoms. The third-order valence-electron chi connectivity index (χ3n) is 2.53. The maximum Gasteiger partial charge on any atom is 0.374 e. The molecule has 0 radical (unpaired) electrons. The molecule has 2 heterocycles. The summed E-state index contributed by atoms with van der Waals surface area (Å²) in [4.78, 5) is 18.8. The van der Waals surface area contributed by atoms with E-state index in [-0.39, 0.29) is 5.82 Å². The summed E-state index contributed by atoms with van der Waals surface area (Å²) in [7, 11) is 0. The van der Waals surface area contributed by atoms with Crippen LogP contribution in [0.25, 0.3) is 5.82 Å². The minimum atomic E-state index is -1.11. The first-order chi connectivity index (χ1) is 7.99.